The van der Waals surface area contributed by atoms with Gasteiger partial charge in [-0.1, -0.05) is 0 Å². The number of aromatic hydroxyl groups is 2. The van der Waals surface area contributed by atoms with Crippen molar-refractivity contribution in [2.24, 2.45) is 0 Å². The van der Waals surface area contributed by atoms with Crippen LogP contribution in [-0.2, 0) is 4.74 Å². The van der Waals surface area contributed by atoms with Crippen molar-refractivity contribution in [1.82, 2.24) is 0 Å². The van der Waals surface area contributed by atoms with Crippen LogP contribution in [0.1, 0.15) is 34.7 Å². The van der Waals surface area contributed by atoms with Gasteiger partial charge in [-0.25, -0.2) is 9.59 Å². The molecule has 1 aliphatic rings. The second-order valence-corrected chi connectivity index (χ2v) is 5.61. The SMILES string of the molecule is COc1c(O)cc2c(c1O)C(=O)O[C@H](C)[C@@H]2Oc1cc(C)oc(=O)c1. The second-order valence-electron chi connectivity index (χ2n) is 5.61. The zero-order valence-electron chi connectivity index (χ0n) is 13.7. The molecule has 1 aromatic heterocycles. The van der Waals surface area contributed by atoms with E-state index in [1.807, 2.05) is 0 Å². The number of ether oxygens (including phenoxy) is 3. The molecule has 8 nitrogen and oxygen atoms in total. The van der Waals surface area contributed by atoms with Gasteiger partial charge in [0.15, 0.2) is 17.6 Å². The van der Waals surface area contributed by atoms with Gasteiger partial charge in [-0.05, 0) is 19.9 Å². The van der Waals surface area contributed by atoms with Crippen molar-refractivity contribution in [3.8, 4) is 23.0 Å². The highest BCUT2D eigenvalue weighted by Gasteiger charge is 2.39. The Labute approximate surface area is 142 Å². The van der Waals surface area contributed by atoms with Crippen LogP contribution in [0.4, 0.5) is 0 Å². The molecule has 0 saturated carbocycles. The van der Waals surface area contributed by atoms with Gasteiger partial charge in [-0.15, -0.1) is 0 Å². The Morgan fingerprint density at radius 1 is 1.16 bits per heavy atom. The number of cyclic esters (lactones) is 1. The van der Waals surface area contributed by atoms with Gasteiger partial charge in [-0.2, -0.15) is 0 Å². The Hall–Kier alpha value is -3.16. The van der Waals surface area contributed by atoms with Crippen LogP contribution in [0, 0.1) is 6.92 Å². The second kappa shape index (κ2) is 6.04. The van der Waals surface area contributed by atoms with E-state index in [1.165, 1.54) is 19.2 Å². The summed E-state index contributed by atoms with van der Waals surface area (Å²) in [5.74, 6) is -1.32. The van der Waals surface area contributed by atoms with Gasteiger partial charge < -0.3 is 28.8 Å². The van der Waals surface area contributed by atoms with E-state index in [-0.39, 0.29) is 28.4 Å². The van der Waals surface area contributed by atoms with Crippen LogP contribution in [-0.4, -0.2) is 29.4 Å². The minimum absolute atomic E-state index is 0.155. The van der Waals surface area contributed by atoms with Crippen molar-refractivity contribution in [3.63, 3.8) is 0 Å². The zero-order chi connectivity index (χ0) is 18.3. The number of aryl methyl sites for hydroxylation is 1. The van der Waals surface area contributed by atoms with Gasteiger partial charge in [0, 0.05) is 11.6 Å². The summed E-state index contributed by atoms with van der Waals surface area (Å²) in [6, 6.07) is 3.93. The lowest BCUT2D eigenvalue weighted by atomic mass is 9.94. The number of carbonyl (C=O) groups excluding carboxylic acids is 1. The van der Waals surface area contributed by atoms with Crippen LogP contribution in [0.5, 0.6) is 23.0 Å². The lowest BCUT2D eigenvalue weighted by Crippen LogP contribution is -2.33. The molecule has 8 heteroatoms. The summed E-state index contributed by atoms with van der Waals surface area (Å²) in [5, 5.41) is 20.3. The maximum atomic E-state index is 12.2. The predicted octanol–water partition coefficient (Wildman–Crippen LogP) is 2.05. The van der Waals surface area contributed by atoms with E-state index < -0.39 is 29.6 Å². The Kier molecular flexibility index (Phi) is 4.03. The molecule has 0 unspecified atom stereocenters. The van der Waals surface area contributed by atoms with E-state index in [4.69, 9.17) is 18.6 Å². The molecular weight excluding hydrogens is 332 g/mol. The van der Waals surface area contributed by atoms with Crippen LogP contribution in [0.3, 0.4) is 0 Å². The Morgan fingerprint density at radius 2 is 1.88 bits per heavy atom. The molecule has 0 amide bonds. The molecule has 0 saturated heterocycles. The number of rotatable bonds is 3. The number of fused-ring (bicyclic) bond motifs is 1. The molecule has 1 aliphatic heterocycles. The maximum absolute atomic E-state index is 12.2. The number of hydrogen-bond acceptors (Lipinski definition) is 8. The molecular formula is C17H16O8. The number of esters is 1. The third-order valence-corrected chi connectivity index (χ3v) is 3.83. The molecule has 1 aromatic carbocycles. The van der Waals surface area contributed by atoms with E-state index >= 15 is 0 Å². The fraction of sp³-hybridized carbons (Fsp3) is 0.294. The van der Waals surface area contributed by atoms with Gasteiger partial charge in [0.05, 0.1) is 13.2 Å². The molecule has 2 atom stereocenters. The van der Waals surface area contributed by atoms with E-state index in [1.54, 1.807) is 13.8 Å². The first-order valence-electron chi connectivity index (χ1n) is 7.44. The summed E-state index contributed by atoms with van der Waals surface area (Å²) in [7, 11) is 1.25. The summed E-state index contributed by atoms with van der Waals surface area (Å²) >= 11 is 0. The van der Waals surface area contributed by atoms with Crippen molar-refractivity contribution < 1.29 is 33.6 Å². The zero-order valence-corrected chi connectivity index (χ0v) is 13.7. The highest BCUT2D eigenvalue weighted by molar-refractivity contribution is 5.97. The Morgan fingerprint density at radius 3 is 2.52 bits per heavy atom. The fourth-order valence-electron chi connectivity index (χ4n) is 2.79. The molecule has 2 N–H and O–H groups in total. The fourth-order valence-corrected chi connectivity index (χ4v) is 2.79. The van der Waals surface area contributed by atoms with E-state index in [2.05, 4.69) is 0 Å². The lowest BCUT2D eigenvalue weighted by molar-refractivity contribution is -0.0131. The Bertz CT molecular complexity index is 898. The molecule has 3 rings (SSSR count). The van der Waals surface area contributed by atoms with Crippen molar-refractivity contribution in [1.29, 1.82) is 0 Å². The largest absolute Gasteiger partial charge is 0.504 e. The number of phenols is 2. The van der Waals surface area contributed by atoms with Crippen molar-refractivity contribution in [3.05, 3.63) is 45.5 Å². The third-order valence-electron chi connectivity index (χ3n) is 3.83. The van der Waals surface area contributed by atoms with Crippen molar-refractivity contribution in [2.75, 3.05) is 7.11 Å². The van der Waals surface area contributed by atoms with Crippen molar-refractivity contribution >= 4 is 5.97 Å². The van der Waals surface area contributed by atoms with Gasteiger partial charge in [0.25, 0.3) is 0 Å². The molecule has 2 aromatic rings. The minimum Gasteiger partial charge on any atom is -0.504 e. The predicted molar refractivity (Wildman–Crippen MR) is 84.3 cm³/mol. The van der Waals surface area contributed by atoms with Gasteiger partial charge in [-0.3, -0.25) is 0 Å². The molecule has 2 heterocycles. The van der Waals surface area contributed by atoms with Gasteiger partial charge >= 0.3 is 11.6 Å². The Balaban J connectivity index is 2.11. The summed E-state index contributed by atoms with van der Waals surface area (Å²) in [4.78, 5) is 23.7. The van der Waals surface area contributed by atoms with Gasteiger partial charge in [0.2, 0.25) is 5.75 Å². The molecule has 132 valence electrons. The number of carbonyl (C=O) groups is 1. The van der Waals surface area contributed by atoms with Crippen LogP contribution in [0.2, 0.25) is 0 Å². The molecule has 25 heavy (non-hydrogen) atoms. The minimum atomic E-state index is -0.850. The lowest BCUT2D eigenvalue weighted by Gasteiger charge is -2.31. The van der Waals surface area contributed by atoms with E-state index in [0.29, 0.717) is 5.76 Å². The van der Waals surface area contributed by atoms with E-state index in [9.17, 15) is 19.8 Å². The first-order chi connectivity index (χ1) is 11.8. The van der Waals surface area contributed by atoms with Crippen LogP contribution in [0.25, 0.3) is 0 Å². The van der Waals surface area contributed by atoms with Gasteiger partial charge in [0.1, 0.15) is 23.2 Å². The smallest absolute Gasteiger partial charge is 0.342 e. The number of benzene rings is 1. The topological polar surface area (TPSA) is 115 Å². The standard InChI is InChI=1S/C17H16O8/c1-7-4-9(5-12(19)23-7)25-15-8(2)24-17(21)13-10(15)6-11(18)16(22-3)14(13)20/h4-6,8,15,18,20H,1-3H3/t8-,15+/m1/s1. The molecule has 0 fully saturated rings. The normalized spacial score (nSPS) is 19.1. The first kappa shape index (κ1) is 16.7. The average Bonchev–Trinajstić information content (AvgIpc) is 2.50. The average molecular weight is 348 g/mol. The molecule has 0 radical (unpaired) electrons. The summed E-state index contributed by atoms with van der Waals surface area (Å²) in [5.41, 5.74) is -0.515. The molecule has 0 bridgehead atoms. The number of hydrogen-bond donors (Lipinski definition) is 2. The first-order valence-corrected chi connectivity index (χ1v) is 7.44. The summed E-state index contributed by atoms with van der Waals surface area (Å²) < 4.78 is 20.8. The van der Waals surface area contributed by atoms with E-state index in [0.717, 1.165) is 6.07 Å². The highest BCUT2D eigenvalue weighted by Crippen LogP contribution is 2.46. The van der Waals surface area contributed by atoms with Crippen LogP contribution < -0.4 is 15.1 Å². The maximum Gasteiger partial charge on any atom is 0.342 e. The number of methoxy groups -OCH3 is 1. The molecule has 0 spiro atoms. The summed E-state index contributed by atoms with van der Waals surface area (Å²) in [6.45, 7) is 3.19. The molecule has 0 aliphatic carbocycles. The van der Waals surface area contributed by atoms with Crippen molar-refractivity contribution in [2.45, 2.75) is 26.1 Å². The highest BCUT2D eigenvalue weighted by atomic mass is 16.6. The van der Waals surface area contributed by atoms with Crippen LogP contribution >= 0.6 is 0 Å². The van der Waals surface area contributed by atoms with Crippen LogP contribution in [0.15, 0.2) is 27.4 Å². The quantitative estimate of drug-likeness (QED) is 0.810. The summed E-state index contributed by atoms with van der Waals surface area (Å²) in [6.07, 6.45) is -1.57. The number of phenolic OH excluding ortho intramolecular Hbond substituents is 2. The monoisotopic (exact) mass is 348 g/mol. The third kappa shape index (κ3) is 2.86.